The van der Waals surface area contributed by atoms with Crippen LogP contribution in [0.1, 0.15) is 29.5 Å². The third kappa shape index (κ3) is 4.92. The summed E-state index contributed by atoms with van der Waals surface area (Å²) in [5.41, 5.74) is 3.54. The Kier molecular flexibility index (Phi) is 6.01. The minimum Gasteiger partial charge on any atom is -0.496 e. The first-order chi connectivity index (χ1) is 10.7. The van der Waals surface area contributed by atoms with Gasteiger partial charge in [0.1, 0.15) is 5.75 Å². The van der Waals surface area contributed by atoms with E-state index in [0.29, 0.717) is 13.0 Å². The number of rotatable bonds is 7. The molecule has 2 aromatic rings. The maximum atomic E-state index is 11.9. The van der Waals surface area contributed by atoms with Gasteiger partial charge in [-0.15, -0.1) is 0 Å². The second kappa shape index (κ2) is 8.23. The Morgan fingerprint density at radius 2 is 1.82 bits per heavy atom. The Morgan fingerprint density at radius 3 is 2.55 bits per heavy atom. The third-order valence-corrected chi connectivity index (χ3v) is 3.66. The minimum absolute atomic E-state index is 0.0815. The van der Waals surface area contributed by atoms with E-state index in [0.717, 1.165) is 24.2 Å². The average Bonchev–Trinajstić information content (AvgIpc) is 2.55. The Bertz CT molecular complexity index is 605. The van der Waals surface area contributed by atoms with Gasteiger partial charge >= 0.3 is 0 Å². The molecule has 0 atom stereocenters. The molecule has 1 N–H and O–H groups in total. The summed E-state index contributed by atoms with van der Waals surface area (Å²) in [5.74, 6) is 0.889. The fourth-order valence-corrected chi connectivity index (χ4v) is 2.34. The number of amides is 1. The number of carbonyl (C=O) groups is 1. The van der Waals surface area contributed by atoms with E-state index < -0.39 is 0 Å². The van der Waals surface area contributed by atoms with Gasteiger partial charge in [0.15, 0.2) is 0 Å². The second-order valence-electron chi connectivity index (χ2n) is 5.43. The first-order valence-corrected chi connectivity index (χ1v) is 7.63. The summed E-state index contributed by atoms with van der Waals surface area (Å²) in [5, 5.41) is 2.95. The monoisotopic (exact) mass is 297 g/mol. The summed E-state index contributed by atoms with van der Waals surface area (Å²) in [6.07, 6.45) is 2.34. The van der Waals surface area contributed by atoms with E-state index in [1.54, 1.807) is 7.11 Å². The van der Waals surface area contributed by atoms with Crippen LogP contribution in [0.15, 0.2) is 48.5 Å². The second-order valence-corrected chi connectivity index (χ2v) is 5.43. The Labute approximate surface area is 132 Å². The molecule has 2 rings (SSSR count). The van der Waals surface area contributed by atoms with E-state index in [2.05, 4.69) is 36.5 Å². The van der Waals surface area contributed by atoms with Gasteiger partial charge in [-0.3, -0.25) is 4.79 Å². The van der Waals surface area contributed by atoms with Crippen molar-refractivity contribution in [1.82, 2.24) is 5.32 Å². The molecule has 22 heavy (non-hydrogen) atoms. The van der Waals surface area contributed by atoms with Crippen LogP contribution in [-0.2, 0) is 17.8 Å². The van der Waals surface area contributed by atoms with E-state index in [1.165, 1.54) is 11.1 Å². The number of hydrogen-bond donors (Lipinski definition) is 1. The molecule has 0 radical (unpaired) electrons. The molecule has 2 aromatic carbocycles. The van der Waals surface area contributed by atoms with Gasteiger partial charge in [-0.2, -0.15) is 0 Å². The van der Waals surface area contributed by atoms with Crippen molar-refractivity contribution in [3.8, 4) is 5.75 Å². The predicted octanol–water partition coefficient (Wildman–Crippen LogP) is 3.64. The van der Waals surface area contributed by atoms with E-state index in [4.69, 9.17) is 4.74 Å². The number of hydrogen-bond acceptors (Lipinski definition) is 2. The highest BCUT2D eigenvalue weighted by Gasteiger charge is 2.05. The molecule has 0 saturated heterocycles. The molecule has 0 heterocycles. The molecule has 0 spiro atoms. The molecule has 3 nitrogen and oxygen atoms in total. The largest absolute Gasteiger partial charge is 0.496 e. The van der Waals surface area contributed by atoms with E-state index in [-0.39, 0.29) is 5.91 Å². The van der Waals surface area contributed by atoms with Gasteiger partial charge in [0.05, 0.1) is 7.11 Å². The van der Waals surface area contributed by atoms with E-state index >= 15 is 0 Å². The molecular formula is C19H23NO2. The summed E-state index contributed by atoms with van der Waals surface area (Å²) in [6, 6.07) is 16.2. The molecule has 0 aliphatic carbocycles. The fourth-order valence-electron chi connectivity index (χ4n) is 2.34. The molecule has 116 valence electrons. The number of methoxy groups -OCH3 is 1. The molecule has 0 aromatic heterocycles. The Morgan fingerprint density at radius 1 is 1.09 bits per heavy atom. The van der Waals surface area contributed by atoms with E-state index in [1.807, 2.05) is 24.3 Å². The first-order valence-electron chi connectivity index (χ1n) is 7.63. The number of benzene rings is 2. The minimum atomic E-state index is 0.0815. The van der Waals surface area contributed by atoms with Crippen molar-refractivity contribution in [2.45, 2.75) is 32.7 Å². The SMILES string of the molecule is COc1ccccc1CNC(=O)CCCc1ccc(C)cc1. The first kappa shape index (κ1) is 16.1. The molecule has 0 aliphatic heterocycles. The van der Waals surface area contributed by atoms with Crippen molar-refractivity contribution in [2.75, 3.05) is 7.11 Å². The molecule has 3 heteroatoms. The van der Waals surface area contributed by atoms with Crippen LogP contribution < -0.4 is 10.1 Å². The molecular weight excluding hydrogens is 274 g/mol. The number of para-hydroxylation sites is 1. The molecule has 0 saturated carbocycles. The highest BCUT2D eigenvalue weighted by atomic mass is 16.5. The summed E-state index contributed by atoms with van der Waals surface area (Å²) < 4.78 is 5.27. The molecule has 0 unspecified atom stereocenters. The van der Waals surface area contributed by atoms with Crippen LogP contribution in [0.25, 0.3) is 0 Å². The van der Waals surface area contributed by atoms with Gasteiger partial charge in [-0.1, -0.05) is 48.0 Å². The zero-order valence-electron chi connectivity index (χ0n) is 13.3. The lowest BCUT2D eigenvalue weighted by Gasteiger charge is -2.09. The van der Waals surface area contributed by atoms with Crippen molar-refractivity contribution >= 4 is 5.91 Å². The number of aryl methyl sites for hydroxylation is 2. The quantitative estimate of drug-likeness (QED) is 0.847. The zero-order chi connectivity index (χ0) is 15.8. The average molecular weight is 297 g/mol. The Balaban J connectivity index is 1.73. The van der Waals surface area contributed by atoms with Crippen LogP contribution in [0.5, 0.6) is 5.75 Å². The standard InChI is InChI=1S/C19H23NO2/c1-15-10-12-16(13-11-15)6-5-9-19(21)20-14-17-7-3-4-8-18(17)22-2/h3-4,7-8,10-13H,5-6,9,14H2,1-2H3,(H,20,21). The third-order valence-electron chi connectivity index (χ3n) is 3.66. The van der Waals surface area contributed by atoms with Gasteiger partial charge in [0.25, 0.3) is 0 Å². The number of ether oxygens (including phenoxy) is 1. The lowest BCUT2D eigenvalue weighted by atomic mass is 10.1. The lowest BCUT2D eigenvalue weighted by Crippen LogP contribution is -2.22. The van der Waals surface area contributed by atoms with Crippen LogP contribution in [0.2, 0.25) is 0 Å². The van der Waals surface area contributed by atoms with E-state index in [9.17, 15) is 4.79 Å². The van der Waals surface area contributed by atoms with Gasteiger partial charge in [-0.05, 0) is 31.4 Å². The summed E-state index contributed by atoms with van der Waals surface area (Å²) >= 11 is 0. The smallest absolute Gasteiger partial charge is 0.220 e. The topological polar surface area (TPSA) is 38.3 Å². The highest BCUT2D eigenvalue weighted by Crippen LogP contribution is 2.16. The molecule has 1 amide bonds. The fraction of sp³-hybridized carbons (Fsp3) is 0.316. The van der Waals surface area contributed by atoms with Crippen LogP contribution >= 0.6 is 0 Å². The predicted molar refractivity (Wildman–Crippen MR) is 89.0 cm³/mol. The molecule has 0 fully saturated rings. The van der Waals surface area contributed by atoms with Gasteiger partial charge in [0.2, 0.25) is 5.91 Å². The van der Waals surface area contributed by atoms with Crippen molar-refractivity contribution in [2.24, 2.45) is 0 Å². The van der Waals surface area contributed by atoms with Crippen molar-refractivity contribution in [3.05, 3.63) is 65.2 Å². The molecule has 0 bridgehead atoms. The van der Waals surface area contributed by atoms with Crippen molar-refractivity contribution < 1.29 is 9.53 Å². The van der Waals surface area contributed by atoms with Gasteiger partial charge < -0.3 is 10.1 Å². The van der Waals surface area contributed by atoms with Gasteiger partial charge in [0, 0.05) is 18.5 Å². The van der Waals surface area contributed by atoms with Crippen LogP contribution in [-0.4, -0.2) is 13.0 Å². The normalized spacial score (nSPS) is 10.3. The number of carbonyl (C=O) groups excluding carboxylic acids is 1. The van der Waals surface area contributed by atoms with Crippen molar-refractivity contribution in [3.63, 3.8) is 0 Å². The summed E-state index contributed by atoms with van der Waals surface area (Å²) in [4.78, 5) is 11.9. The van der Waals surface area contributed by atoms with Crippen LogP contribution in [0, 0.1) is 6.92 Å². The highest BCUT2D eigenvalue weighted by molar-refractivity contribution is 5.75. The summed E-state index contributed by atoms with van der Waals surface area (Å²) in [7, 11) is 1.64. The van der Waals surface area contributed by atoms with Crippen LogP contribution in [0.4, 0.5) is 0 Å². The van der Waals surface area contributed by atoms with Gasteiger partial charge in [-0.25, -0.2) is 0 Å². The maximum Gasteiger partial charge on any atom is 0.220 e. The number of nitrogens with one attached hydrogen (secondary N) is 1. The van der Waals surface area contributed by atoms with Crippen molar-refractivity contribution in [1.29, 1.82) is 0 Å². The molecule has 0 aliphatic rings. The zero-order valence-corrected chi connectivity index (χ0v) is 13.3. The maximum absolute atomic E-state index is 11.9. The Hall–Kier alpha value is -2.29. The summed E-state index contributed by atoms with van der Waals surface area (Å²) in [6.45, 7) is 2.59. The lowest BCUT2D eigenvalue weighted by molar-refractivity contribution is -0.121. The van der Waals surface area contributed by atoms with Crippen LogP contribution in [0.3, 0.4) is 0 Å².